The topological polar surface area (TPSA) is 104 Å². The fourth-order valence-corrected chi connectivity index (χ4v) is 10.8. The Hall–Kier alpha value is -7.04. The first kappa shape index (κ1) is 48.4. The van der Waals surface area contributed by atoms with Gasteiger partial charge in [0.1, 0.15) is 0 Å². The quantitative estimate of drug-likeness (QED) is 0.0573. The molecule has 0 spiro atoms. The van der Waals surface area contributed by atoms with Gasteiger partial charge in [0, 0.05) is 22.7 Å². The van der Waals surface area contributed by atoms with Crippen molar-refractivity contribution in [1.29, 1.82) is 0 Å². The van der Waals surface area contributed by atoms with Crippen LogP contribution in [0.3, 0.4) is 0 Å². The van der Waals surface area contributed by atoms with E-state index in [0.29, 0.717) is 0 Å². The van der Waals surface area contributed by atoms with Crippen molar-refractivity contribution in [1.82, 2.24) is 0 Å². The minimum atomic E-state index is -0.711. The van der Waals surface area contributed by atoms with Crippen LogP contribution in [0.4, 0.5) is 22.7 Å². The van der Waals surface area contributed by atoms with Crippen LogP contribution in [0.25, 0.3) is 44.5 Å². The lowest BCUT2D eigenvalue weighted by molar-refractivity contribution is 0.745. The van der Waals surface area contributed by atoms with Crippen LogP contribution in [0, 0.1) is 0 Å². The highest BCUT2D eigenvalue weighted by molar-refractivity contribution is 5.77. The van der Waals surface area contributed by atoms with Gasteiger partial charge >= 0.3 is 0 Å². The van der Waals surface area contributed by atoms with Crippen molar-refractivity contribution in [2.45, 2.75) is 112 Å². The van der Waals surface area contributed by atoms with Crippen LogP contribution in [-0.4, -0.2) is 0 Å². The van der Waals surface area contributed by atoms with Gasteiger partial charge in [-0.2, -0.15) is 0 Å². The maximum Gasteiger partial charge on any atom is 0.0701 e. The second kappa shape index (κ2) is 20.7. The Morgan fingerprint density at radius 1 is 0.232 bits per heavy atom. The van der Waals surface area contributed by atoms with Crippen molar-refractivity contribution < 1.29 is 0 Å². The van der Waals surface area contributed by atoms with Gasteiger partial charge in [-0.15, -0.1) is 0 Å². The third-order valence-corrected chi connectivity index (χ3v) is 15.1. The summed E-state index contributed by atoms with van der Waals surface area (Å²) in [6.45, 7) is 17.5. The lowest BCUT2D eigenvalue weighted by atomic mass is 9.64. The SMILES string of the molecule is CCc1cc(-c2ccc(C(c3ccc(-c4cc(CC)c(N)c(CC)c4)cc3)(c3ccc(-c4cc(CC)c(N)c(CC)c4)cc3)c3ccc(-c4cc(CC)c(N)c(CC)c4)cc3)cc2)cc(CC)c1N. The number of hydrogen-bond acceptors (Lipinski definition) is 4. The molecule has 8 N–H and O–H groups in total. The molecule has 0 radical (unpaired) electrons. The van der Waals surface area contributed by atoms with Gasteiger partial charge in [0.2, 0.25) is 0 Å². The first-order valence-corrected chi connectivity index (χ1v) is 25.5. The molecule has 0 fully saturated rings. The van der Waals surface area contributed by atoms with Gasteiger partial charge in [0.25, 0.3) is 0 Å². The molecule has 352 valence electrons. The second-order valence-corrected chi connectivity index (χ2v) is 18.7. The van der Waals surface area contributed by atoms with E-state index in [1.165, 1.54) is 111 Å². The standard InChI is InChI=1S/C65H72N4/c1-9-41-33-53(34-42(10-2)61(41)66)49-17-25-57(26-18-49)65(58-27-19-50(20-28-58)54-35-43(11-3)62(67)44(12-4)36-54,59-29-21-51(22-30-59)55-37-45(13-5)63(68)46(14-6)38-55)60-31-23-52(24-32-60)56-39-47(15-7)64(69)48(16-8)40-56/h17-40H,9-16,66-69H2,1-8H3. The fraction of sp³-hybridized carbons (Fsp3) is 0.262. The molecule has 0 atom stereocenters. The van der Waals surface area contributed by atoms with Gasteiger partial charge in [-0.05, 0) is 211 Å². The van der Waals surface area contributed by atoms with E-state index in [0.717, 1.165) is 74.1 Å². The van der Waals surface area contributed by atoms with Crippen molar-refractivity contribution >= 4 is 22.7 Å². The molecule has 4 nitrogen and oxygen atoms in total. The first-order chi connectivity index (χ1) is 33.5. The average molecular weight is 909 g/mol. The smallest absolute Gasteiger partial charge is 0.0701 e. The van der Waals surface area contributed by atoms with E-state index in [9.17, 15) is 0 Å². The van der Waals surface area contributed by atoms with Gasteiger partial charge in [0.15, 0.2) is 0 Å². The Kier molecular flexibility index (Phi) is 14.5. The predicted octanol–water partition coefficient (Wildman–Crippen LogP) is 15.6. The van der Waals surface area contributed by atoms with E-state index in [4.69, 9.17) is 22.9 Å². The summed E-state index contributed by atoms with van der Waals surface area (Å²) in [7, 11) is 0. The number of hydrogen-bond donors (Lipinski definition) is 4. The second-order valence-electron chi connectivity index (χ2n) is 18.7. The van der Waals surface area contributed by atoms with E-state index in [1.54, 1.807) is 0 Å². The highest BCUT2D eigenvalue weighted by atomic mass is 14.6. The highest BCUT2D eigenvalue weighted by Crippen LogP contribution is 2.48. The lowest BCUT2D eigenvalue weighted by Gasteiger charge is -2.37. The third-order valence-electron chi connectivity index (χ3n) is 15.1. The molecule has 0 aliphatic heterocycles. The first-order valence-electron chi connectivity index (χ1n) is 25.5. The largest absolute Gasteiger partial charge is 0.398 e. The zero-order valence-corrected chi connectivity index (χ0v) is 42.3. The zero-order valence-electron chi connectivity index (χ0n) is 42.3. The van der Waals surface area contributed by atoms with Gasteiger partial charge in [-0.25, -0.2) is 0 Å². The molecule has 8 aromatic carbocycles. The maximum atomic E-state index is 6.66. The Morgan fingerprint density at radius 3 is 0.507 bits per heavy atom. The number of nitrogens with two attached hydrogens (primary N) is 4. The summed E-state index contributed by atoms with van der Waals surface area (Å²) in [4.78, 5) is 0. The summed E-state index contributed by atoms with van der Waals surface area (Å²) >= 11 is 0. The van der Waals surface area contributed by atoms with Crippen molar-refractivity contribution in [3.05, 3.63) is 212 Å². The number of anilines is 4. The maximum absolute atomic E-state index is 6.66. The van der Waals surface area contributed by atoms with Crippen LogP contribution in [0.5, 0.6) is 0 Å². The predicted molar refractivity (Wildman–Crippen MR) is 299 cm³/mol. The van der Waals surface area contributed by atoms with E-state index in [1.807, 2.05) is 0 Å². The molecule has 0 unspecified atom stereocenters. The molecule has 69 heavy (non-hydrogen) atoms. The van der Waals surface area contributed by atoms with Crippen molar-refractivity contribution in [2.75, 3.05) is 22.9 Å². The molecule has 0 heterocycles. The Bertz CT molecular complexity index is 2560. The van der Waals surface area contributed by atoms with E-state index >= 15 is 0 Å². The number of nitrogen functional groups attached to an aromatic ring is 4. The lowest BCUT2D eigenvalue weighted by Crippen LogP contribution is -2.31. The van der Waals surface area contributed by atoms with Crippen LogP contribution >= 0.6 is 0 Å². The van der Waals surface area contributed by atoms with Crippen molar-refractivity contribution in [3.8, 4) is 44.5 Å². The van der Waals surface area contributed by atoms with Crippen LogP contribution in [0.2, 0.25) is 0 Å². The number of aryl methyl sites for hydroxylation is 8. The summed E-state index contributed by atoms with van der Waals surface area (Å²) in [6.07, 6.45) is 7.09. The summed E-state index contributed by atoms with van der Waals surface area (Å²) in [5.74, 6) is 0. The molecule has 0 aromatic heterocycles. The molecule has 0 saturated carbocycles. The van der Waals surface area contributed by atoms with E-state index in [-0.39, 0.29) is 0 Å². The molecule has 0 aliphatic rings. The fourth-order valence-electron chi connectivity index (χ4n) is 10.8. The molecular formula is C65H72N4. The van der Waals surface area contributed by atoms with Crippen molar-refractivity contribution in [2.24, 2.45) is 0 Å². The molecule has 0 saturated heterocycles. The number of benzene rings is 8. The Morgan fingerprint density at radius 2 is 0.377 bits per heavy atom. The monoisotopic (exact) mass is 909 g/mol. The third kappa shape index (κ3) is 9.06. The highest BCUT2D eigenvalue weighted by Gasteiger charge is 2.39. The van der Waals surface area contributed by atoms with E-state index < -0.39 is 5.41 Å². The summed E-state index contributed by atoms with van der Waals surface area (Å²) in [5, 5.41) is 0. The van der Waals surface area contributed by atoms with Crippen LogP contribution in [-0.2, 0) is 56.8 Å². The van der Waals surface area contributed by atoms with Crippen molar-refractivity contribution in [3.63, 3.8) is 0 Å². The molecular weight excluding hydrogens is 837 g/mol. The summed E-state index contributed by atoms with van der Waals surface area (Å²) < 4.78 is 0. The van der Waals surface area contributed by atoms with Crippen LogP contribution in [0.15, 0.2) is 146 Å². The Labute approximate surface area is 412 Å². The van der Waals surface area contributed by atoms with E-state index in [2.05, 4.69) is 201 Å². The molecule has 8 aromatic rings. The van der Waals surface area contributed by atoms with Crippen LogP contribution in [0.1, 0.15) is 122 Å². The molecule has 4 heteroatoms. The van der Waals surface area contributed by atoms with Gasteiger partial charge in [-0.3, -0.25) is 0 Å². The van der Waals surface area contributed by atoms with Gasteiger partial charge < -0.3 is 22.9 Å². The average Bonchev–Trinajstić information content (AvgIpc) is 3.40. The van der Waals surface area contributed by atoms with Gasteiger partial charge in [-0.1, -0.05) is 152 Å². The van der Waals surface area contributed by atoms with Gasteiger partial charge in [0.05, 0.1) is 5.41 Å². The molecule has 0 aliphatic carbocycles. The summed E-state index contributed by atoms with van der Waals surface area (Å²) in [5.41, 5.74) is 53.3. The molecule has 0 bridgehead atoms. The minimum Gasteiger partial charge on any atom is -0.398 e. The minimum absolute atomic E-state index is 0.711. The van der Waals surface area contributed by atoms with Crippen LogP contribution < -0.4 is 22.9 Å². The normalized spacial score (nSPS) is 11.6. The zero-order chi connectivity index (χ0) is 49.0. The number of rotatable bonds is 16. The Balaban J connectivity index is 1.38. The molecule has 8 rings (SSSR count). The summed E-state index contributed by atoms with van der Waals surface area (Å²) in [6, 6.07) is 55.4. The molecule has 0 amide bonds.